The van der Waals surface area contributed by atoms with Crippen molar-refractivity contribution >= 4 is 40.2 Å². The molecule has 0 spiro atoms. The highest BCUT2D eigenvalue weighted by atomic mass is 32.1. The molecule has 3 heterocycles. The Labute approximate surface area is 237 Å². The SMILES string of the molecule is CCc1ccccc1NC(=O)CCN1C(=S)N[C@@H](c2ccccn2)[C@H]1c1ccc2c(c1)C(C)=CC(C)(C)N2C. The predicted octanol–water partition coefficient (Wildman–Crippen LogP) is 6.28. The predicted molar refractivity (Wildman–Crippen MR) is 164 cm³/mol. The number of pyridine rings is 1. The first-order valence-electron chi connectivity index (χ1n) is 13.6. The van der Waals surface area contributed by atoms with Crippen molar-refractivity contribution in [3.63, 3.8) is 0 Å². The Kier molecular flexibility index (Phi) is 7.45. The molecule has 1 aromatic heterocycles. The molecule has 0 radical (unpaired) electrons. The van der Waals surface area contributed by atoms with Crippen LogP contribution in [0.1, 0.15) is 68.6 Å². The number of benzene rings is 2. The van der Waals surface area contributed by atoms with Crippen LogP contribution in [0.3, 0.4) is 0 Å². The van der Waals surface area contributed by atoms with Crippen LogP contribution >= 0.6 is 12.2 Å². The van der Waals surface area contributed by atoms with Crippen LogP contribution in [0.25, 0.3) is 5.57 Å². The minimum atomic E-state index is -0.123. The summed E-state index contributed by atoms with van der Waals surface area (Å²) in [6.45, 7) is 9.24. The van der Waals surface area contributed by atoms with E-state index in [2.05, 4.69) is 84.4 Å². The van der Waals surface area contributed by atoms with Crippen LogP contribution in [-0.2, 0) is 11.2 Å². The molecule has 39 heavy (non-hydrogen) atoms. The third-order valence-electron chi connectivity index (χ3n) is 8.03. The lowest BCUT2D eigenvalue weighted by Crippen LogP contribution is -2.42. The molecule has 2 atom stereocenters. The molecular formula is C32H37N5OS. The number of hydrogen-bond acceptors (Lipinski definition) is 4. The average molecular weight is 540 g/mol. The summed E-state index contributed by atoms with van der Waals surface area (Å²) in [5.74, 6) is -0.0215. The van der Waals surface area contributed by atoms with E-state index in [1.165, 1.54) is 16.8 Å². The van der Waals surface area contributed by atoms with Gasteiger partial charge in [0.05, 0.1) is 23.3 Å². The number of nitrogens with one attached hydrogen (secondary N) is 2. The molecule has 1 saturated heterocycles. The number of para-hydroxylation sites is 1. The Bertz CT molecular complexity index is 1420. The topological polar surface area (TPSA) is 60.5 Å². The van der Waals surface area contributed by atoms with Crippen molar-refractivity contribution in [3.05, 3.63) is 95.3 Å². The zero-order valence-electron chi connectivity index (χ0n) is 23.4. The first-order valence-corrected chi connectivity index (χ1v) is 14.0. The molecule has 0 bridgehead atoms. The first kappa shape index (κ1) is 26.9. The number of thiocarbonyl (C=S) groups is 1. The van der Waals surface area contributed by atoms with E-state index in [0.29, 0.717) is 18.1 Å². The third-order valence-corrected chi connectivity index (χ3v) is 8.38. The van der Waals surface area contributed by atoms with Crippen molar-refractivity contribution in [1.29, 1.82) is 0 Å². The van der Waals surface area contributed by atoms with Gasteiger partial charge in [0.15, 0.2) is 5.11 Å². The highest BCUT2D eigenvalue weighted by Gasteiger charge is 2.40. The zero-order valence-corrected chi connectivity index (χ0v) is 24.2. The number of anilines is 2. The van der Waals surface area contributed by atoms with Crippen LogP contribution in [0.5, 0.6) is 0 Å². The number of likely N-dealkylation sites (N-methyl/N-ethyl adjacent to an activating group) is 1. The Morgan fingerprint density at radius 1 is 1.13 bits per heavy atom. The Hall–Kier alpha value is -3.71. The quantitative estimate of drug-likeness (QED) is 0.345. The summed E-state index contributed by atoms with van der Waals surface area (Å²) in [4.78, 5) is 22.2. The minimum Gasteiger partial charge on any atom is -0.366 e. The molecular weight excluding hydrogens is 502 g/mol. The van der Waals surface area contributed by atoms with Gasteiger partial charge in [0.25, 0.3) is 0 Å². The van der Waals surface area contributed by atoms with Crippen LogP contribution < -0.4 is 15.5 Å². The summed E-state index contributed by atoms with van der Waals surface area (Å²) >= 11 is 5.84. The molecule has 0 aliphatic carbocycles. The number of aromatic nitrogens is 1. The van der Waals surface area contributed by atoms with Gasteiger partial charge in [-0.25, -0.2) is 0 Å². The second-order valence-corrected chi connectivity index (χ2v) is 11.3. The van der Waals surface area contributed by atoms with E-state index in [-0.39, 0.29) is 23.5 Å². The maximum atomic E-state index is 13.0. The Morgan fingerprint density at radius 3 is 2.64 bits per heavy atom. The molecule has 2 aliphatic rings. The van der Waals surface area contributed by atoms with Crippen molar-refractivity contribution in [2.24, 2.45) is 0 Å². The molecule has 1 amide bonds. The van der Waals surface area contributed by atoms with E-state index in [4.69, 9.17) is 12.2 Å². The van der Waals surface area contributed by atoms with Crippen molar-refractivity contribution < 1.29 is 4.79 Å². The van der Waals surface area contributed by atoms with Crippen LogP contribution in [0.2, 0.25) is 0 Å². The van der Waals surface area contributed by atoms with Gasteiger partial charge in [0, 0.05) is 43.1 Å². The van der Waals surface area contributed by atoms with E-state index < -0.39 is 0 Å². The number of carbonyl (C=O) groups is 1. The summed E-state index contributed by atoms with van der Waals surface area (Å²) in [6.07, 6.45) is 5.33. The largest absolute Gasteiger partial charge is 0.366 e. The lowest BCUT2D eigenvalue weighted by Gasteiger charge is -2.41. The van der Waals surface area contributed by atoms with Crippen molar-refractivity contribution in [2.75, 3.05) is 23.8 Å². The van der Waals surface area contributed by atoms with Gasteiger partial charge in [-0.2, -0.15) is 0 Å². The maximum Gasteiger partial charge on any atom is 0.226 e. The van der Waals surface area contributed by atoms with E-state index >= 15 is 0 Å². The van der Waals surface area contributed by atoms with Crippen molar-refractivity contribution in [3.8, 4) is 0 Å². The van der Waals surface area contributed by atoms with Gasteiger partial charge in [-0.3, -0.25) is 9.78 Å². The monoisotopic (exact) mass is 539 g/mol. The molecule has 1 fully saturated rings. The molecule has 7 heteroatoms. The lowest BCUT2D eigenvalue weighted by molar-refractivity contribution is -0.116. The summed E-state index contributed by atoms with van der Waals surface area (Å²) in [5, 5.41) is 7.25. The molecule has 2 aliphatic heterocycles. The fourth-order valence-corrected chi connectivity index (χ4v) is 6.09. The summed E-state index contributed by atoms with van der Waals surface area (Å²) < 4.78 is 0. The number of aryl methyl sites for hydroxylation is 1. The molecule has 2 aromatic carbocycles. The van der Waals surface area contributed by atoms with Gasteiger partial charge in [-0.1, -0.05) is 43.3 Å². The minimum absolute atomic E-state index is 0.0215. The van der Waals surface area contributed by atoms with E-state index in [0.717, 1.165) is 28.9 Å². The lowest BCUT2D eigenvalue weighted by atomic mass is 9.86. The molecule has 2 N–H and O–H groups in total. The summed E-state index contributed by atoms with van der Waals surface area (Å²) in [6, 6.07) is 20.4. The molecule has 202 valence electrons. The van der Waals surface area contributed by atoms with Crippen LogP contribution in [0, 0.1) is 0 Å². The molecule has 0 unspecified atom stereocenters. The normalized spacial score (nSPS) is 19.8. The van der Waals surface area contributed by atoms with E-state index in [1.54, 1.807) is 0 Å². The Balaban J connectivity index is 1.45. The van der Waals surface area contributed by atoms with Crippen LogP contribution in [-0.4, -0.2) is 40.0 Å². The summed E-state index contributed by atoms with van der Waals surface area (Å²) in [5.41, 5.74) is 7.72. The van der Waals surface area contributed by atoms with Crippen molar-refractivity contribution in [1.82, 2.24) is 15.2 Å². The van der Waals surface area contributed by atoms with Gasteiger partial charge in [-0.15, -0.1) is 0 Å². The number of amides is 1. The average Bonchev–Trinajstić information content (AvgIpc) is 3.27. The van der Waals surface area contributed by atoms with Crippen LogP contribution in [0.4, 0.5) is 11.4 Å². The highest BCUT2D eigenvalue weighted by molar-refractivity contribution is 7.80. The molecule has 6 nitrogen and oxygen atoms in total. The number of hydrogen-bond donors (Lipinski definition) is 2. The van der Waals surface area contributed by atoms with Gasteiger partial charge in [-0.05, 0) is 86.4 Å². The Morgan fingerprint density at radius 2 is 1.90 bits per heavy atom. The molecule has 3 aromatic rings. The zero-order chi connectivity index (χ0) is 27.7. The van der Waals surface area contributed by atoms with Gasteiger partial charge in [0.2, 0.25) is 5.91 Å². The number of rotatable bonds is 7. The smallest absolute Gasteiger partial charge is 0.226 e. The summed E-state index contributed by atoms with van der Waals surface area (Å²) in [7, 11) is 2.14. The molecule has 0 saturated carbocycles. The number of allylic oxidation sites excluding steroid dienone is 1. The number of carbonyl (C=O) groups excluding carboxylic acids is 1. The maximum absolute atomic E-state index is 13.0. The van der Waals surface area contributed by atoms with E-state index in [1.807, 2.05) is 48.7 Å². The fraction of sp³-hybridized carbons (Fsp3) is 0.344. The van der Waals surface area contributed by atoms with E-state index in [9.17, 15) is 4.79 Å². The second kappa shape index (κ2) is 10.8. The molecule has 5 rings (SSSR count). The van der Waals surface area contributed by atoms with Gasteiger partial charge < -0.3 is 20.4 Å². The van der Waals surface area contributed by atoms with Crippen molar-refractivity contribution in [2.45, 2.75) is 58.2 Å². The fourth-order valence-electron chi connectivity index (χ4n) is 5.76. The first-order chi connectivity index (χ1) is 18.7. The van der Waals surface area contributed by atoms with Crippen LogP contribution in [0.15, 0.2) is 72.9 Å². The van der Waals surface area contributed by atoms with Gasteiger partial charge in [0.1, 0.15) is 0 Å². The standard InChI is InChI=1S/C32H37N5OS/c1-6-22-11-7-8-12-25(22)34-28(38)16-18-37-30(29(35-31(37)39)26-13-9-10-17-33-26)23-14-15-27-24(19-23)21(2)20-32(3,4)36(27)5/h7-15,17,19-20,29-30H,6,16,18H2,1-5H3,(H,34,38)(H,35,39)/t29-,30+/m0/s1. The number of fused-ring (bicyclic) bond motifs is 1. The second-order valence-electron chi connectivity index (χ2n) is 10.9. The third kappa shape index (κ3) is 5.28. The van der Waals surface area contributed by atoms with Gasteiger partial charge >= 0.3 is 0 Å². The highest BCUT2D eigenvalue weighted by Crippen LogP contribution is 2.43. The number of nitrogens with zero attached hydrogens (tertiary/aromatic N) is 3.